The molecule has 1 atom stereocenters. The van der Waals surface area contributed by atoms with Crippen molar-refractivity contribution in [2.75, 3.05) is 19.0 Å². The summed E-state index contributed by atoms with van der Waals surface area (Å²) >= 11 is 1.50. The number of rotatable bonds is 6. The lowest BCUT2D eigenvalue weighted by molar-refractivity contribution is -0.119. The minimum Gasteiger partial charge on any atom is -0.465 e. The van der Waals surface area contributed by atoms with Crippen LogP contribution in [-0.4, -0.2) is 25.5 Å². The maximum absolute atomic E-state index is 12.2. The second-order valence-electron chi connectivity index (χ2n) is 5.37. The van der Waals surface area contributed by atoms with Crippen molar-refractivity contribution < 1.29 is 14.3 Å². The largest absolute Gasteiger partial charge is 0.465 e. The number of thiophene rings is 1. The van der Waals surface area contributed by atoms with E-state index >= 15 is 0 Å². The predicted octanol–water partition coefficient (Wildman–Crippen LogP) is 2.34. The number of hydrogen-bond donors (Lipinski definition) is 2. The standard InChI is InChI=1S/C15H22N2O3S/c1-9(5-4-8-16)13(18)17-14-12(15(19)20-2)10-6-3-7-11(10)21-14/h9H,3-8,16H2,1-2H3,(H,17,18). The third-order valence-corrected chi connectivity index (χ3v) is 5.04. The number of esters is 1. The van der Waals surface area contributed by atoms with Gasteiger partial charge >= 0.3 is 5.97 Å². The number of nitrogens with two attached hydrogens (primary N) is 1. The molecule has 0 saturated heterocycles. The summed E-state index contributed by atoms with van der Waals surface area (Å²) in [6.07, 6.45) is 4.49. The number of anilines is 1. The molecule has 1 aromatic heterocycles. The Hall–Kier alpha value is -1.40. The first-order valence-corrected chi connectivity index (χ1v) is 8.13. The third-order valence-electron chi connectivity index (χ3n) is 3.84. The lowest BCUT2D eigenvalue weighted by atomic mass is 10.0. The van der Waals surface area contributed by atoms with Crippen LogP contribution in [0.4, 0.5) is 5.00 Å². The molecule has 2 rings (SSSR count). The van der Waals surface area contributed by atoms with Gasteiger partial charge < -0.3 is 15.8 Å². The summed E-state index contributed by atoms with van der Waals surface area (Å²) in [6, 6.07) is 0. The summed E-state index contributed by atoms with van der Waals surface area (Å²) in [7, 11) is 1.37. The zero-order valence-corrected chi connectivity index (χ0v) is 13.3. The van der Waals surface area contributed by atoms with Crippen LogP contribution in [0.3, 0.4) is 0 Å². The molecule has 1 aliphatic rings. The lowest BCUT2D eigenvalue weighted by Gasteiger charge is -2.12. The third kappa shape index (κ3) is 3.44. The van der Waals surface area contributed by atoms with Crippen LogP contribution in [0, 0.1) is 5.92 Å². The predicted molar refractivity (Wildman–Crippen MR) is 83.8 cm³/mol. The van der Waals surface area contributed by atoms with Crippen LogP contribution in [0.25, 0.3) is 0 Å². The first kappa shape index (κ1) is 16.0. The van der Waals surface area contributed by atoms with E-state index in [1.165, 1.54) is 23.3 Å². The maximum atomic E-state index is 12.2. The number of carbonyl (C=O) groups is 2. The van der Waals surface area contributed by atoms with E-state index in [2.05, 4.69) is 5.32 Å². The zero-order valence-electron chi connectivity index (χ0n) is 12.5. The molecule has 1 amide bonds. The molecule has 1 unspecified atom stereocenters. The molecule has 0 bridgehead atoms. The van der Waals surface area contributed by atoms with Crippen molar-refractivity contribution in [2.45, 2.75) is 39.0 Å². The quantitative estimate of drug-likeness (QED) is 0.790. The highest BCUT2D eigenvalue weighted by molar-refractivity contribution is 7.17. The van der Waals surface area contributed by atoms with Crippen molar-refractivity contribution in [1.82, 2.24) is 0 Å². The van der Waals surface area contributed by atoms with Crippen molar-refractivity contribution in [3.8, 4) is 0 Å². The highest BCUT2D eigenvalue weighted by atomic mass is 32.1. The Morgan fingerprint density at radius 3 is 2.86 bits per heavy atom. The van der Waals surface area contributed by atoms with E-state index in [1.807, 2.05) is 6.92 Å². The molecular formula is C15H22N2O3S. The second-order valence-corrected chi connectivity index (χ2v) is 6.48. The van der Waals surface area contributed by atoms with Gasteiger partial charge in [0.05, 0.1) is 12.7 Å². The van der Waals surface area contributed by atoms with Gasteiger partial charge in [-0.25, -0.2) is 4.79 Å². The van der Waals surface area contributed by atoms with Crippen molar-refractivity contribution >= 4 is 28.2 Å². The molecule has 0 spiro atoms. The molecule has 6 heteroatoms. The van der Waals surface area contributed by atoms with Gasteiger partial charge in [0.15, 0.2) is 0 Å². The average molecular weight is 310 g/mol. The molecule has 1 heterocycles. The summed E-state index contributed by atoms with van der Waals surface area (Å²) < 4.78 is 4.87. The van der Waals surface area contributed by atoms with Crippen molar-refractivity contribution in [1.29, 1.82) is 0 Å². The molecule has 0 fully saturated rings. The SMILES string of the molecule is COC(=O)c1c(NC(=O)C(C)CCCN)sc2c1CCC2. The summed E-state index contributed by atoms with van der Waals surface area (Å²) in [5.41, 5.74) is 7.07. The van der Waals surface area contributed by atoms with Gasteiger partial charge in [0.1, 0.15) is 5.00 Å². The van der Waals surface area contributed by atoms with Crippen LogP contribution < -0.4 is 11.1 Å². The Balaban J connectivity index is 2.16. The van der Waals surface area contributed by atoms with Gasteiger partial charge in [0.25, 0.3) is 0 Å². The molecule has 5 nitrogen and oxygen atoms in total. The van der Waals surface area contributed by atoms with Gasteiger partial charge in [-0.05, 0) is 44.2 Å². The number of nitrogens with one attached hydrogen (secondary N) is 1. The molecule has 3 N–H and O–H groups in total. The number of fused-ring (bicyclic) bond motifs is 1. The molecule has 1 aromatic rings. The van der Waals surface area contributed by atoms with Gasteiger partial charge in [0, 0.05) is 10.8 Å². The van der Waals surface area contributed by atoms with Gasteiger partial charge in [-0.15, -0.1) is 11.3 Å². The van der Waals surface area contributed by atoms with Crippen LogP contribution >= 0.6 is 11.3 Å². The van der Waals surface area contributed by atoms with E-state index in [0.717, 1.165) is 37.7 Å². The van der Waals surface area contributed by atoms with Crippen LogP contribution in [0.1, 0.15) is 47.0 Å². The molecule has 21 heavy (non-hydrogen) atoms. The highest BCUT2D eigenvalue weighted by Crippen LogP contribution is 2.39. The Bertz CT molecular complexity index is 539. The van der Waals surface area contributed by atoms with Crippen LogP contribution in [0.2, 0.25) is 0 Å². The fourth-order valence-electron chi connectivity index (χ4n) is 2.60. The summed E-state index contributed by atoms with van der Waals surface area (Å²) in [5, 5.41) is 3.54. The highest BCUT2D eigenvalue weighted by Gasteiger charge is 2.28. The molecule has 1 aliphatic carbocycles. The lowest BCUT2D eigenvalue weighted by Crippen LogP contribution is -2.22. The fraction of sp³-hybridized carbons (Fsp3) is 0.600. The first-order valence-electron chi connectivity index (χ1n) is 7.32. The van der Waals surface area contributed by atoms with E-state index in [4.69, 9.17) is 10.5 Å². The van der Waals surface area contributed by atoms with Crippen LogP contribution in [0.15, 0.2) is 0 Å². The van der Waals surface area contributed by atoms with Gasteiger partial charge in [-0.1, -0.05) is 6.92 Å². The number of aryl methyl sites for hydroxylation is 1. The molecular weight excluding hydrogens is 288 g/mol. The number of amides is 1. The minimum atomic E-state index is -0.362. The Morgan fingerprint density at radius 1 is 1.43 bits per heavy atom. The molecule has 0 saturated carbocycles. The normalized spacial score (nSPS) is 14.6. The van der Waals surface area contributed by atoms with Crippen LogP contribution in [0.5, 0.6) is 0 Å². The Kier molecular flexibility index (Phi) is 5.36. The summed E-state index contributed by atoms with van der Waals surface area (Å²) in [5.74, 6) is -0.538. The Labute approximate surface area is 128 Å². The molecule has 116 valence electrons. The van der Waals surface area contributed by atoms with E-state index in [-0.39, 0.29) is 17.8 Å². The number of ether oxygens (including phenoxy) is 1. The van der Waals surface area contributed by atoms with E-state index < -0.39 is 0 Å². The first-order chi connectivity index (χ1) is 10.1. The van der Waals surface area contributed by atoms with Gasteiger partial charge in [-0.2, -0.15) is 0 Å². The van der Waals surface area contributed by atoms with Gasteiger partial charge in [0.2, 0.25) is 5.91 Å². The molecule has 0 aliphatic heterocycles. The van der Waals surface area contributed by atoms with E-state index in [9.17, 15) is 9.59 Å². The fourth-order valence-corrected chi connectivity index (χ4v) is 3.88. The summed E-state index contributed by atoms with van der Waals surface area (Å²) in [6.45, 7) is 2.46. The smallest absolute Gasteiger partial charge is 0.341 e. The minimum absolute atomic E-state index is 0.0615. The van der Waals surface area contributed by atoms with Crippen molar-refractivity contribution in [3.05, 3.63) is 16.0 Å². The van der Waals surface area contributed by atoms with E-state index in [1.54, 1.807) is 0 Å². The Morgan fingerprint density at radius 2 is 2.19 bits per heavy atom. The average Bonchev–Trinajstić information content (AvgIpc) is 3.04. The molecule has 0 radical (unpaired) electrons. The number of methoxy groups -OCH3 is 1. The maximum Gasteiger partial charge on any atom is 0.341 e. The monoisotopic (exact) mass is 310 g/mol. The second kappa shape index (κ2) is 7.04. The van der Waals surface area contributed by atoms with Crippen molar-refractivity contribution in [2.24, 2.45) is 11.7 Å². The van der Waals surface area contributed by atoms with Crippen LogP contribution in [-0.2, 0) is 22.4 Å². The van der Waals surface area contributed by atoms with Crippen molar-refractivity contribution in [3.63, 3.8) is 0 Å². The number of hydrogen-bond acceptors (Lipinski definition) is 5. The zero-order chi connectivity index (χ0) is 15.4. The number of carbonyl (C=O) groups excluding carboxylic acids is 2. The van der Waals surface area contributed by atoms with Gasteiger partial charge in [-0.3, -0.25) is 4.79 Å². The van der Waals surface area contributed by atoms with E-state index in [0.29, 0.717) is 17.1 Å². The topological polar surface area (TPSA) is 81.4 Å². The molecule has 0 aromatic carbocycles. The summed E-state index contributed by atoms with van der Waals surface area (Å²) in [4.78, 5) is 25.4.